The van der Waals surface area contributed by atoms with E-state index in [9.17, 15) is 0 Å². The zero-order valence-electron chi connectivity index (χ0n) is 18.0. The fourth-order valence-corrected chi connectivity index (χ4v) is 5.12. The summed E-state index contributed by atoms with van der Waals surface area (Å²) in [5.41, 5.74) is 0. The molecule has 3 fully saturated rings. The van der Waals surface area contributed by atoms with Crippen LogP contribution in [-0.2, 0) is 0 Å². The normalized spacial score (nSPS) is 21.2. The second-order valence-corrected chi connectivity index (χ2v) is 8.82. The van der Waals surface area contributed by atoms with E-state index in [1.807, 2.05) is 0 Å². The first kappa shape index (κ1) is 26.2. The van der Waals surface area contributed by atoms with E-state index in [-0.39, 0.29) is 35.6 Å². The first-order valence-electron chi connectivity index (χ1n) is 11.8. The van der Waals surface area contributed by atoms with Gasteiger partial charge in [-0.3, -0.25) is 0 Å². The molecule has 147 valence electrons. The average molecular weight is 476 g/mol. The number of hydrogen-bond acceptors (Lipinski definition) is 0. The van der Waals surface area contributed by atoms with Crippen LogP contribution in [0, 0.1) is 53.4 Å². The summed E-state index contributed by atoms with van der Waals surface area (Å²) in [4.78, 5) is 0. The van der Waals surface area contributed by atoms with Gasteiger partial charge in [0.25, 0.3) is 0 Å². The van der Waals surface area contributed by atoms with Crippen LogP contribution >= 0.6 is 0 Å². The molecule has 0 spiro atoms. The molecule has 3 rings (SSSR count). The van der Waals surface area contributed by atoms with E-state index in [0.29, 0.717) is 0 Å². The van der Waals surface area contributed by atoms with E-state index in [1.165, 1.54) is 116 Å². The largest absolute Gasteiger partial charge is 0.0654 e. The molecule has 0 unspecified atom stereocenters. The molecule has 25 heavy (non-hydrogen) atoms. The van der Waals surface area contributed by atoms with Gasteiger partial charge in [-0.1, -0.05) is 136 Å². The number of hydrogen-bond donors (Lipinski definition) is 0. The predicted octanol–water partition coefficient (Wildman–Crippen LogP) is 8.93. The quantitative estimate of drug-likeness (QED) is 0.360. The first-order chi connectivity index (χ1) is 11.8. The van der Waals surface area contributed by atoms with Gasteiger partial charge in [0.1, 0.15) is 0 Å². The Labute approximate surface area is 188 Å². The second kappa shape index (κ2) is 18.6. The van der Waals surface area contributed by atoms with Gasteiger partial charge >= 0.3 is 0 Å². The summed E-state index contributed by atoms with van der Waals surface area (Å²) in [6.07, 6.45) is 26.8. The topological polar surface area (TPSA) is 0 Å². The fourth-order valence-electron chi connectivity index (χ4n) is 5.12. The summed E-state index contributed by atoms with van der Waals surface area (Å²) in [6.45, 7) is 6.87. The summed E-state index contributed by atoms with van der Waals surface area (Å²) >= 11 is 0. The molecule has 1 radical (unpaired) electrons. The van der Waals surface area contributed by atoms with Crippen LogP contribution in [0.1, 0.15) is 136 Å². The summed E-state index contributed by atoms with van der Waals surface area (Å²) in [6, 6.07) is 0. The van der Waals surface area contributed by atoms with Crippen molar-refractivity contribution in [3.63, 3.8) is 0 Å². The molecule has 1 heteroatoms. The smallest absolute Gasteiger partial charge is 0 e. The Hall–Kier alpha value is 1.19. The molecule has 0 saturated heterocycles. The van der Waals surface area contributed by atoms with Crippen LogP contribution in [0.4, 0.5) is 0 Å². The average Bonchev–Trinajstić information content (AvgIpc) is 3.33. The molecule has 0 aliphatic heterocycles. The zero-order valence-corrected chi connectivity index (χ0v) is 21.7. The van der Waals surface area contributed by atoms with Crippen LogP contribution in [0.25, 0.3) is 0 Å². The summed E-state index contributed by atoms with van der Waals surface area (Å²) in [7, 11) is 0. The molecular weight excluding hydrogens is 427 g/mol. The van der Waals surface area contributed by atoms with E-state index < -0.39 is 0 Å². The van der Waals surface area contributed by atoms with Crippen LogP contribution in [0.2, 0.25) is 0 Å². The van der Waals surface area contributed by atoms with Gasteiger partial charge in [0, 0.05) is 35.6 Å². The van der Waals surface area contributed by atoms with E-state index >= 15 is 0 Å². The Morgan fingerprint density at radius 2 is 0.640 bits per heavy atom. The molecule has 0 aromatic rings. The molecule has 0 aromatic heterocycles. The second-order valence-electron chi connectivity index (χ2n) is 8.82. The monoisotopic (exact) mass is 475 g/mol. The minimum atomic E-state index is 0. The van der Waals surface area contributed by atoms with E-state index in [2.05, 4.69) is 20.8 Å². The maximum Gasteiger partial charge on any atom is 0 e. The van der Waals surface area contributed by atoms with Crippen molar-refractivity contribution < 1.29 is 35.6 Å². The molecule has 0 heterocycles. The van der Waals surface area contributed by atoms with Crippen molar-refractivity contribution in [3.05, 3.63) is 0 Å². The third kappa shape index (κ3) is 13.9. The Bertz CT molecular complexity index is 202. The predicted molar refractivity (Wildman–Crippen MR) is 111 cm³/mol. The van der Waals surface area contributed by atoms with E-state index in [1.54, 1.807) is 0 Å². The maximum atomic E-state index is 2.29. The molecule has 0 amide bonds. The van der Waals surface area contributed by atoms with E-state index in [0.717, 1.165) is 17.8 Å². The molecule has 0 N–H and O–H groups in total. The fraction of sp³-hybridized carbons (Fsp3) is 1.00. The van der Waals surface area contributed by atoms with Gasteiger partial charge in [-0.15, -0.1) is 0 Å². The summed E-state index contributed by atoms with van der Waals surface area (Å²) in [5, 5.41) is 0. The molecule has 0 atom stereocenters. The van der Waals surface area contributed by atoms with Crippen molar-refractivity contribution in [1.29, 1.82) is 0 Å². The van der Waals surface area contributed by atoms with Gasteiger partial charge in [0.2, 0.25) is 0 Å². The zero-order chi connectivity index (χ0) is 17.5. The van der Waals surface area contributed by atoms with Crippen molar-refractivity contribution in [3.8, 4) is 0 Å². The van der Waals surface area contributed by atoms with Gasteiger partial charge in [0.15, 0.2) is 0 Å². The molecule has 3 saturated carbocycles. The minimum Gasteiger partial charge on any atom is -0.0654 e. The summed E-state index contributed by atoms with van der Waals surface area (Å²) in [5.74, 6) is 3.33. The molecule has 0 nitrogen and oxygen atoms in total. The standard InChI is InChI=1S/3C8H16.La/c3*1-2-5-8-6-3-4-7-8;/h3*8H,2-7H2,1H3;. The minimum absolute atomic E-state index is 0. The first-order valence-corrected chi connectivity index (χ1v) is 11.8. The Morgan fingerprint density at radius 3 is 0.800 bits per heavy atom. The van der Waals surface area contributed by atoms with Gasteiger partial charge in [-0.2, -0.15) is 0 Å². The van der Waals surface area contributed by atoms with Crippen LogP contribution in [0.15, 0.2) is 0 Å². The van der Waals surface area contributed by atoms with Gasteiger partial charge in [0.05, 0.1) is 0 Å². The van der Waals surface area contributed by atoms with Crippen LogP contribution in [-0.4, -0.2) is 0 Å². The van der Waals surface area contributed by atoms with Crippen molar-refractivity contribution in [2.75, 3.05) is 0 Å². The van der Waals surface area contributed by atoms with Crippen molar-refractivity contribution in [2.45, 2.75) is 136 Å². The van der Waals surface area contributed by atoms with Crippen LogP contribution in [0.3, 0.4) is 0 Å². The third-order valence-corrected chi connectivity index (χ3v) is 6.52. The number of rotatable bonds is 6. The summed E-state index contributed by atoms with van der Waals surface area (Å²) < 4.78 is 0. The van der Waals surface area contributed by atoms with Crippen LogP contribution < -0.4 is 0 Å². The molecule has 0 bridgehead atoms. The Balaban J connectivity index is 0.000000339. The van der Waals surface area contributed by atoms with E-state index in [4.69, 9.17) is 0 Å². The van der Waals surface area contributed by atoms with Gasteiger partial charge in [-0.05, 0) is 17.8 Å². The van der Waals surface area contributed by atoms with Crippen LogP contribution in [0.5, 0.6) is 0 Å². The molecular formula is C24H48La. The van der Waals surface area contributed by atoms with Crippen molar-refractivity contribution >= 4 is 0 Å². The SMILES string of the molecule is CCCC1CCCC1.CCCC1CCCC1.CCCC1CCCC1.[La]. The van der Waals surface area contributed by atoms with Gasteiger partial charge < -0.3 is 0 Å². The van der Waals surface area contributed by atoms with Crippen molar-refractivity contribution in [2.24, 2.45) is 17.8 Å². The van der Waals surface area contributed by atoms with Crippen molar-refractivity contribution in [1.82, 2.24) is 0 Å². The molecule has 3 aliphatic carbocycles. The Morgan fingerprint density at radius 1 is 0.440 bits per heavy atom. The molecule has 3 aliphatic rings. The van der Waals surface area contributed by atoms with Gasteiger partial charge in [-0.25, -0.2) is 0 Å². The Kier molecular flexibility index (Phi) is 19.4. The third-order valence-electron chi connectivity index (χ3n) is 6.52. The maximum absolute atomic E-state index is 2.29. The molecule has 0 aromatic carbocycles.